The van der Waals surface area contributed by atoms with E-state index in [1.165, 1.54) is 12.1 Å². The molecule has 0 radical (unpaired) electrons. The Balaban J connectivity index is 2.23. The number of hydrogen-bond acceptors (Lipinski definition) is 5. The number of rotatable bonds is 4. The fraction of sp³-hybridized carbons (Fsp3) is 0.417. The molecule has 1 aromatic carbocycles. The van der Waals surface area contributed by atoms with Gasteiger partial charge in [0.15, 0.2) is 0 Å². The van der Waals surface area contributed by atoms with Crippen molar-refractivity contribution in [3.63, 3.8) is 0 Å². The number of nitrogen functional groups attached to an aromatic ring is 1. The standard InChI is InChI=1S/C12H15ClN4O3/c1-6-2-8(3-6)15-12(18)7-4-9(13)11(16-14)10(5-7)17(19)20/h4-6,8,16H,2-3,14H2,1H3,(H,15,18). The van der Waals surface area contributed by atoms with Gasteiger partial charge in [0.05, 0.1) is 9.95 Å². The van der Waals surface area contributed by atoms with E-state index in [0.29, 0.717) is 5.92 Å². The van der Waals surface area contributed by atoms with Crippen molar-refractivity contribution in [1.82, 2.24) is 5.32 Å². The number of amides is 1. The largest absolute Gasteiger partial charge is 0.349 e. The Hall–Kier alpha value is -1.86. The maximum Gasteiger partial charge on any atom is 0.295 e. The molecular formula is C12H15ClN4O3. The number of hydrogen-bond donors (Lipinski definition) is 3. The number of anilines is 1. The zero-order chi connectivity index (χ0) is 14.9. The van der Waals surface area contributed by atoms with E-state index >= 15 is 0 Å². The first-order chi connectivity index (χ1) is 9.42. The van der Waals surface area contributed by atoms with Crippen LogP contribution in [0.2, 0.25) is 5.02 Å². The summed E-state index contributed by atoms with van der Waals surface area (Å²) in [7, 11) is 0. The monoisotopic (exact) mass is 298 g/mol. The third-order valence-electron chi connectivity index (χ3n) is 3.38. The Kier molecular flexibility index (Phi) is 4.10. The number of nitro groups is 1. The molecule has 0 aliphatic heterocycles. The van der Waals surface area contributed by atoms with Gasteiger partial charge in [-0.1, -0.05) is 18.5 Å². The molecule has 1 aliphatic carbocycles. The number of hydrazine groups is 1. The van der Waals surface area contributed by atoms with Crippen molar-refractivity contribution in [3.05, 3.63) is 32.8 Å². The summed E-state index contributed by atoms with van der Waals surface area (Å²) in [5.41, 5.74) is 1.99. The lowest BCUT2D eigenvalue weighted by Crippen LogP contribution is -2.43. The van der Waals surface area contributed by atoms with Gasteiger partial charge in [0.1, 0.15) is 5.69 Å². The Morgan fingerprint density at radius 1 is 1.50 bits per heavy atom. The van der Waals surface area contributed by atoms with Crippen LogP contribution < -0.4 is 16.6 Å². The molecule has 0 aromatic heterocycles. The molecule has 1 saturated carbocycles. The highest BCUT2D eigenvalue weighted by atomic mass is 35.5. The molecule has 1 fully saturated rings. The normalized spacial score (nSPS) is 20.9. The lowest BCUT2D eigenvalue weighted by atomic mass is 9.82. The Bertz CT molecular complexity index is 558. The summed E-state index contributed by atoms with van der Waals surface area (Å²) in [4.78, 5) is 22.4. The predicted octanol–water partition coefficient (Wildman–Crippen LogP) is 2.06. The zero-order valence-corrected chi connectivity index (χ0v) is 11.6. The summed E-state index contributed by atoms with van der Waals surface area (Å²) in [6.45, 7) is 2.10. The average Bonchev–Trinajstić information content (AvgIpc) is 2.35. The molecule has 1 aliphatic rings. The number of halogens is 1. The van der Waals surface area contributed by atoms with E-state index in [1.54, 1.807) is 0 Å². The number of carbonyl (C=O) groups excluding carboxylic acids is 1. The lowest BCUT2D eigenvalue weighted by Gasteiger charge is -2.33. The topological polar surface area (TPSA) is 110 Å². The highest BCUT2D eigenvalue weighted by molar-refractivity contribution is 6.34. The first-order valence-electron chi connectivity index (χ1n) is 6.17. The van der Waals surface area contributed by atoms with Crippen LogP contribution in [0.4, 0.5) is 11.4 Å². The molecule has 8 heteroatoms. The molecule has 0 unspecified atom stereocenters. The van der Waals surface area contributed by atoms with Crippen molar-refractivity contribution in [2.45, 2.75) is 25.8 Å². The molecule has 2 rings (SSSR count). The summed E-state index contributed by atoms with van der Waals surface area (Å²) in [5.74, 6) is 5.44. The van der Waals surface area contributed by atoms with Gasteiger partial charge in [-0.15, -0.1) is 0 Å². The van der Waals surface area contributed by atoms with Gasteiger partial charge in [-0.05, 0) is 24.8 Å². The first kappa shape index (κ1) is 14.5. The third-order valence-corrected chi connectivity index (χ3v) is 3.68. The summed E-state index contributed by atoms with van der Waals surface area (Å²) in [5, 5.41) is 13.8. The zero-order valence-electron chi connectivity index (χ0n) is 10.9. The molecule has 20 heavy (non-hydrogen) atoms. The van der Waals surface area contributed by atoms with Crippen LogP contribution >= 0.6 is 11.6 Å². The molecule has 0 heterocycles. The van der Waals surface area contributed by atoms with Gasteiger partial charge in [-0.2, -0.15) is 0 Å². The second-order valence-electron chi connectivity index (χ2n) is 5.00. The molecule has 7 nitrogen and oxygen atoms in total. The van der Waals surface area contributed by atoms with Gasteiger partial charge in [-0.3, -0.25) is 20.8 Å². The van der Waals surface area contributed by atoms with Crippen molar-refractivity contribution >= 4 is 28.9 Å². The third kappa shape index (κ3) is 2.83. The average molecular weight is 299 g/mol. The van der Waals surface area contributed by atoms with Crippen LogP contribution in [-0.2, 0) is 0 Å². The van der Waals surface area contributed by atoms with E-state index in [2.05, 4.69) is 17.7 Å². The molecule has 0 saturated heterocycles. The number of nitrogens with two attached hydrogens (primary N) is 1. The Morgan fingerprint density at radius 2 is 2.15 bits per heavy atom. The molecule has 1 aromatic rings. The number of nitrogens with one attached hydrogen (secondary N) is 2. The van der Waals surface area contributed by atoms with Gasteiger partial charge in [-0.25, -0.2) is 0 Å². The number of benzene rings is 1. The maximum atomic E-state index is 12.0. The van der Waals surface area contributed by atoms with Crippen LogP contribution in [0.25, 0.3) is 0 Å². The van der Waals surface area contributed by atoms with E-state index in [-0.39, 0.29) is 33.9 Å². The number of nitrogens with zero attached hydrogens (tertiary/aromatic N) is 1. The summed E-state index contributed by atoms with van der Waals surface area (Å²) >= 11 is 5.90. The molecule has 1 amide bonds. The Morgan fingerprint density at radius 3 is 2.65 bits per heavy atom. The van der Waals surface area contributed by atoms with Crippen LogP contribution in [-0.4, -0.2) is 16.9 Å². The van der Waals surface area contributed by atoms with Crippen LogP contribution in [0, 0.1) is 16.0 Å². The van der Waals surface area contributed by atoms with Crippen molar-refractivity contribution in [1.29, 1.82) is 0 Å². The van der Waals surface area contributed by atoms with Gasteiger partial charge in [0, 0.05) is 17.7 Å². The minimum atomic E-state index is -0.636. The van der Waals surface area contributed by atoms with Crippen molar-refractivity contribution in [2.75, 3.05) is 5.43 Å². The van der Waals surface area contributed by atoms with Crippen molar-refractivity contribution in [3.8, 4) is 0 Å². The minimum Gasteiger partial charge on any atom is -0.349 e. The van der Waals surface area contributed by atoms with Crippen LogP contribution in [0.1, 0.15) is 30.1 Å². The van der Waals surface area contributed by atoms with E-state index in [4.69, 9.17) is 17.4 Å². The minimum absolute atomic E-state index is 0.00881. The highest BCUT2D eigenvalue weighted by Crippen LogP contribution is 2.33. The second kappa shape index (κ2) is 5.64. The Labute approximate surface area is 120 Å². The highest BCUT2D eigenvalue weighted by Gasteiger charge is 2.28. The van der Waals surface area contributed by atoms with Crippen molar-refractivity contribution < 1.29 is 9.72 Å². The summed E-state index contributed by atoms with van der Waals surface area (Å²) in [6.07, 6.45) is 1.84. The fourth-order valence-corrected chi connectivity index (χ4v) is 2.57. The molecule has 4 N–H and O–H groups in total. The van der Waals surface area contributed by atoms with E-state index in [0.717, 1.165) is 12.8 Å². The maximum absolute atomic E-state index is 12.0. The van der Waals surface area contributed by atoms with Gasteiger partial charge in [0.25, 0.3) is 11.6 Å². The lowest BCUT2D eigenvalue weighted by molar-refractivity contribution is -0.384. The van der Waals surface area contributed by atoms with Gasteiger partial charge < -0.3 is 10.7 Å². The molecule has 0 bridgehead atoms. The van der Waals surface area contributed by atoms with E-state index in [1.807, 2.05) is 0 Å². The number of carbonyl (C=O) groups is 1. The summed E-state index contributed by atoms with van der Waals surface area (Å²) < 4.78 is 0. The van der Waals surface area contributed by atoms with E-state index in [9.17, 15) is 14.9 Å². The van der Waals surface area contributed by atoms with Crippen molar-refractivity contribution in [2.24, 2.45) is 11.8 Å². The quantitative estimate of drug-likeness (QED) is 0.448. The summed E-state index contributed by atoms with van der Waals surface area (Å²) in [6, 6.07) is 2.65. The second-order valence-corrected chi connectivity index (χ2v) is 5.41. The van der Waals surface area contributed by atoms with Crippen LogP contribution in [0.3, 0.4) is 0 Å². The first-order valence-corrected chi connectivity index (χ1v) is 6.55. The fourth-order valence-electron chi connectivity index (χ4n) is 2.30. The molecule has 108 valence electrons. The van der Waals surface area contributed by atoms with E-state index < -0.39 is 4.92 Å². The van der Waals surface area contributed by atoms with Gasteiger partial charge >= 0.3 is 0 Å². The SMILES string of the molecule is CC1CC(NC(=O)c2cc(Cl)c(NN)c([N+](=O)[O-])c2)C1. The molecule has 0 spiro atoms. The van der Waals surface area contributed by atoms with Crippen LogP contribution in [0.15, 0.2) is 12.1 Å². The smallest absolute Gasteiger partial charge is 0.295 e. The predicted molar refractivity (Wildman–Crippen MR) is 75.6 cm³/mol. The molecular weight excluding hydrogens is 284 g/mol. The number of nitro benzene ring substituents is 1. The van der Waals surface area contributed by atoms with Gasteiger partial charge in [0.2, 0.25) is 0 Å². The van der Waals surface area contributed by atoms with Crippen LogP contribution in [0.5, 0.6) is 0 Å². The molecule has 0 atom stereocenters.